The molecule has 0 aliphatic heterocycles. The first kappa shape index (κ1) is 18.2. The van der Waals surface area contributed by atoms with Crippen molar-refractivity contribution in [2.75, 3.05) is 5.75 Å². The van der Waals surface area contributed by atoms with Crippen LogP contribution in [0.4, 0.5) is 0 Å². The lowest BCUT2D eigenvalue weighted by molar-refractivity contribution is 0.0683. The van der Waals surface area contributed by atoms with Gasteiger partial charge in [0.05, 0.1) is 11.1 Å². The summed E-state index contributed by atoms with van der Waals surface area (Å²) in [6.07, 6.45) is 5.79. The summed E-state index contributed by atoms with van der Waals surface area (Å²) < 4.78 is 0.259. The summed E-state index contributed by atoms with van der Waals surface area (Å²) in [7, 11) is 0. The normalized spacial score (nSPS) is 12.8. The lowest BCUT2D eigenvalue weighted by atomic mass is 10.3. The molecule has 24 heavy (non-hydrogen) atoms. The zero-order valence-corrected chi connectivity index (χ0v) is 14.3. The lowest BCUT2D eigenvalue weighted by Gasteiger charge is -2.02. The Morgan fingerprint density at radius 1 is 1.21 bits per heavy atom. The highest BCUT2D eigenvalue weighted by Crippen LogP contribution is 2.35. The summed E-state index contributed by atoms with van der Waals surface area (Å²) in [4.78, 5) is 27.9. The monoisotopic (exact) mass is 364 g/mol. The summed E-state index contributed by atoms with van der Waals surface area (Å²) in [5.74, 6) is -0.112. The molecule has 0 radical (unpaired) electrons. The molecule has 0 atom stereocenters. The maximum Gasteiger partial charge on any atom is 0.338 e. The van der Waals surface area contributed by atoms with Crippen molar-refractivity contribution >= 4 is 35.9 Å². The van der Waals surface area contributed by atoms with Crippen LogP contribution < -0.4 is 0 Å². The Hall–Kier alpha value is -2.19. The van der Waals surface area contributed by atoms with Crippen molar-refractivity contribution in [2.45, 2.75) is 17.9 Å². The predicted molar refractivity (Wildman–Crippen MR) is 93.2 cm³/mol. The Bertz CT molecular complexity index is 787. The highest BCUT2D eigenvalue weighted by molar-refractivity contribution is 7.99. The Balaban J connectivity index is 0.000000185. The second-order valence-corrected chi connectivity index (χ2v) is 6.55. The van der Waals surface area contributed by atoms with E-state index < -0.39 is 11.9 Å². The van der Waals surface area contributed by atoms with E-state index in [0.29, 0.717) is 10.6 Å². The molecule has 6 nitrogen and oxygen atoms in total. The van der Waals surface area contributed by atoms with Crippen molar-refractivity contribution in [1.29, 1.82) is 0 Å². The Labute approximate surface area is 148 Å². The fourth-order valence-electron chi connectivity index (χ4n) is 1.74. The number of aromatic amines is 1. The molecule has 1 aliphatic rings. The minimum absolute atomic E-state index is 0.137. The maximum absolute atomic E-state index is 10.8. The number of aromatic nitrogens is 2. The molecule has 0 saturated heterocycles. The van der Waals surface area contributed by atoms with Crippen molar-refractivity contribution in [3.8, 4) is 0 Å². The van der Waals surface area contributed by atoms with Gasteiger partial charge in [0.1, 0.15) is 9.67 Å². The molecule has 1 fully saturated rings. The Morgan fingerprint density at radius 3 is 2.42 bits per heavy atom. The molecular weight excluding hydrogens is 348 g/mol. The van der Waals surface area contributed by atoms with Gasteiger partial charge in [0.2, 0.25) is 0 Å². The van der Waals surface area contributed by atoms with Crippen molar-refractivity contribution in [2.24, 2.45) is 5.92 Å². The van der Waals surface area contributed by atoms with E-state index in [1.165, 1.54) is 18.9 Å². The van der Waals surface area contributed by atoms with E-state index in [2.05, 4.69) is 9.97 Å². The maximum atomic E-state index is 10.8. The van der Waals surface area contributed by atoms with Gasteiger partial charge in [-0.1, -0.05) is 12.2 Å². The Morgan fingerprint density at radius 2 is 1.88 bits per heavy atom. The molecule has 0 aromatic carbocycles. The fourth-order valence-corrected chi connectivity index (χ4v) is 3.14. The standard InChI is InChI=1S/C10H11NO2S.C6H5NO2S/c12-10(13)8-2-1-5-11-9(8)14-6-7-3-4-7;8-6(9)4-2-1-3-7-5(4)10/h1-2,5,7H,3-4,6H2,(H,12,13);1-3H,(H,7,10)(H,8,9). The second kappa shape index (κ2) is 8.60. The average molecular weight is 364 g/mol. The van der Waals surface area contributed by atoms with Crippen LogP contribution in [-0.2, 0) is 0 Å². The first-order chi connectivity index (χ1) is 11.5. The van der Waals surface area contributed by atoms with Crippen LogP contribution in [0.2, 0.25) is 0 Å². The molecule has 1 saturated carbocycles. The molecule has 126 valence electrons. The van der Waals surface area contributed by atoms with Gasteiger partial charge in [-0.15, -0.1) is 11.8 Å². The molecule has 2 aromatic rings. The number of carboxylic acids is 2. The SMILES string of the molecule is O=C(O)c1ccc[nH]c1=S.O=C(O)c1cccnc1SCC1CC1. The summed E-state index contributed by atoms with van der Waals surface area (Å²) in [6.45, 7) is 0. The number of rotatable bonds is 5. The highest BCUT2D eigenvalue weighted by atomic mass is 32.2. The van der Waals surface area contributed by atoms with Gasteiger partial charge in [-0.2, -0.15) is 0 Å². The predicted octanol–water partition coefficient (Wildman–Crippen LogP) is 3.72. The van der Waals surface area contributed by atoms with E-state index in [-0.39, 0.29) is 10.2 Å². The number of nitrogens with zero attached hydrogens (tertiary/aromatic N) is 1. The van der Waals surface area contributed by atoms with Gasteiger partial charge >= 0.3 is 11.9 Å². The van der Waals surface area contributed by atoms with Gasteiger partial charge in [0.25, 0.3) is 0 Å². The molecule has 0 bridgehead atoms. The number of thioether (sulfide) groups is 1. The first-order valence-corrected chi connectivity index (χ1v) is 8.60. The number of carbonyl (C=O) groups is 2. The molecule has 0 unspecified atom stereocenters. The van der Waals surface area contributed by atoms with Gasteiger partial charge in [-0.25, -0.2) is 14.6 Å². The van der Waals surface area contributed by atoms with Crippen LogP contribution in [0.3, 0.4) is 0 Å². The molecule has 8 heteroatoms. The number of hydrogen-bond donors (Lipinski definition) is 3. The van der Waals surface area contributed by atoms with Crippen molar-refractivity contribution in [3.63, 3.8) is 0 Å². The largest absolute Gasteiger partial charge is 0.478 e. The summed E-state index contributed by atoms with van der Waals surface area (Å²) in [6, 6.07) is 6.32. The zero-order chi connectivity index (χ0) is 17.5. The molecule has 2 heterocycles. The van der Waals surface area contributed by atoms with Crippen LogP contribution in [0.5, 0.6) is 0 Å². The van der Waals surface area contributed by atoms with Crippen LogP contribution in [0, 0.1) is 10.6 Å². The number of nitrogens with one attached hydrogen (secondary N) is 1. The lowest BCUT2D eigenvalue weighted by Crippen LogP contribution is -2.00. The minimum Gasteiger partial charge on any atom is -0.478 e. The molecule has 3 N–H and O–H groups in total. The summed E-state index contributed by atoms with van der Waals surface area (Å²) in [5, 5.41) is 18.0. The molecule has 2 aromatic heterocycles. The van der Waals surface area contributed by atoms with E-state index in [1.807, 2.05) is 0 Å². The third-order valence-corrected chi connectivity index (χ3v) is 4.78. The highest BCUT2D eigenvalue weighted by Gasteiger charge is 2.22. The number of pyridine rings is 2. The van der Waals surface area contributed by atoms with Gasteiger partial charge in [-0.3, -0.25) is 0 Å². The summed E-state index contributed by atoms with van der Waals surface area (Å²) >= 11 is 6.25. The molecule has 1 aliphatic carbocycles. The molecular formula is C16H16N2O4S2. The quantitative estimate of drug-likeness (QED) is 0.549. The number of hydrogen-bond acceptors (Lipinski definition) is 5. The number of carboxylic acid groups (broad SMARTS) is 2. The molecule has 0 spiro atoms. The van der Waals surface area contributed by atoms with Crippen molar-refractivity contribution < 1.29 is 19.8 Å². The Kier molecular flexibility index (Phi) is 6.51. The third kappa shape index (κ3) is 5.47. The van der Waals surface area contributed by atoms with Crippen LogP contribution in [0.25, 0.3) is 0 Å². The van der Waals surface area contributed by atoms with Crippen LogP contribution in [0.1, 0.15) is 33.6 Å². The van der Waals surface area contributed by atoms with E-state index in [4.69, 9.17) is 22.4 Å². The zero-order valence-electron chi connectivity index (χ0n) is 12.6. The van der Waals surface area contributed by atoms with Gasteiger partial charge in [-0.05, 0) is 43.0 Å². The third-order valence-electron chi connectivity index (χ3n) is 3.20. The smallest absolute Gasteiger partial charge is 0.338 e. The number of aromatic carboxylic acids is 2. The van der Waals surface area contributed by atoms with Gasteiger partial charge in [0.15, 0.2) is 0 Å². The van der Waals surface area contributed by atoms with Crippen LogP contribution in [0.15, 0.2) is 41.7 Å². The van der Waals surface area contributed by atoms with Gasteiger partial charge < -0.3 is 15.2 Å². The molecule has 3 rings (SSSR count). The van der Waals surface area contributed by atoms with E-state index in [1.54, 1.807) is 42.4 Å². The van der Waals surface area contributed by atoms with E-state index in [0.717, 1.165) is 11.7 Å². The minimum atomic E-state index is -0.998. The van der Waals surface area contributed by atoms with Crippen LogP contribution >= 0.6 is 24.0 Å². The first-order valence-electron chi connectivity index (χ1n) is 7.21. The average Bonchev–Trinajstić information content (AvgIpc) is 3.38. The summed E-state index contributed by atoms with van der Waals surface area (Å²) in [5.41, 5.74) is 0.454. The van der Waals surface area contributed by atoms with Crippen molar-refractivity contribution in [3.05, 3.63) is 52.4 Å². The second-order valence-electron chi connectivity index (χ2n) is 5.13. The molecule has 0 amide bonds. The van der Waals surface area contributed by atoms with Crippen LogP contribution in [-0.4, -0.2) is 37.9 Å². The van der Waals surface area contributed by atoms with Gasteiger partial charge in [0, 0.05) is 18.1 Å². The van der Waals surface area contributed by atoms with E-state index >= 15 is 0 Å². The van der Waals surface area contributed by atoms with Crippen molar-refractivity contribution in [1.82, 2.24) is 9.97 Å². The topological polar surface area (TPSA) is 103 Å². The fraction of sp³-hybridized carbons (Fsp3) is 0.250. The number of H-pyrrole nitrogens is 1. The van der Waals surface area contributed by atoms with E-state index in [9.17, 15) is 9.59 Å².